The lowest BCUT2D eigenvalue weighted by atomic mass is 9.71. The van der Waals surface area contributed by atoms with Gasteiger partial charge in [0.15, 0.2) is 0 Å². The molecule has 1 amide bonds. The fourth-order valence-electron chi connectivity index (χ4n) is 3.98. The van der Waals surface area contributed by atoms with Crippen LogP contribution < -0.4 is 5.32 Å². The summed E-state index contributed by atoms with van der Waals surface area (Å²) in [4.78, 5) is 12.6. The number of carbonyl (C=O) groups excluding carboxylic acids is 1. The van der Waals surface area contributed by atoms with Crippen LogP contribution in [0.25, 0.3) is 0 Å². The van der Waals surface area contributed by atoms with Gasteiger partial charge in [0.2, 0.25) is 5.91 Å². The molecule has 24 heavy (non-hydrogen) atoms. The van der Waals surface area contributed by atoms with Gasteiger partial charge in [0.1, 0.15) is 0 Å². The zero-order valence-electron chi connectivity index (χ0n) is 14.8. The third-order valence-corrected chi connectivity index (χ3v) is 5.38. The molecule has 130 valence electrons. The van der Waals surface area contributed by atoms with Crippen LogP contribution in [0.3, 0.4) is 0 Å². The summed E-state index contributed by atoms with van der Waals surface area (Å²) in [5.41, 5.74) is 3.20. The van der Waals surface area contributed by atoms with E-state index in [1.54, 1.807) is 0 Å². The van der Waals surface area contributed by atoms with Gasteiger partial charge in [0.25, 0.3) is 0 Å². The number of nitrogens with zero attached hydrogens (tertiary/aromatic N) is 2. The lowest BCUT2D eigenvalue weighted by molar-refractivity contribution is -0.124. The third kappa shape index (κ3) is 3.89. The van der Waals surface area contributed by atoms with E-state index >= 15 is 0 Å². The highest BCUT2D eigenvalue weighted by atomic mass is 16.1. The first-order valence-electron chi connectivity index (χ1n) is 8.96. The van der Waals surface area contributed by atoms with Crippen LogP contribution in [-0.2, 0) is 17.9 Å². The van der Waals surface area contributed by atoms with Gasteiger partial charge in [-0.3, -0.25) is 9.89 Å². The molecule has 2 heterocycles. The van der Waals surface area contributed by atoms with Gasteiger partial charge in [-0.15, -0.1) is 0 Å². The van der Waals surface area contributed by atoms with Gasteiger partial charge < -0.3 is 9.88 Å². The first-order valence-corrected chi connectivity index (χ1v) is 8.96. The molecular formula is C19H28N4O. The van der Waals surface area contributed by atoms with Crippen molar-refractivity contribution in [1.29, 1.82) is 0 Å². The van der Waals surface area contributed by atoms with E-state index in [9.17, 15) is 4.79 Å². The minimum atomic E-state index is 0.0990. The van der Waals surface area contributed by atoms with Crippen molar-refractivity contribution in [1.82, 2.24) is 20.1 Å². The number of H-pyrrole nitrogens is 1. The van der Waals surface area contributed by atoms with Crippen LogP contribution in [0.2, 0.25) is 0 Å². The largest absolute Gasteiger partial charge is 0.354 e. The monoisotopic (exact) mass is 328 g/mol. The van der Waals surface area contributed by atoms with E-state index in [-0.39, 0.29) is 11.3 Å². The van der Waals surface area contributed by atoms with Crippen molar-refractivity contribution < 1.29 is 4.79 Å². The fourth-order valence-corrected chi connectivity index (χ4v) is 3.98. The molecule has 0 aliphatic heterocycles. The molecule has 1 aliphatic carbocycles. The molecular weight excluding hydrogens is 300 g/mol. The van der Waals surface area contributed by atoms with E-state index in [2.05, 4.69) is 44.6 Å². The summed E-state index contributed by atoms with van der Waals surface area (Å²) in [7, 11) is 0. The summed E-state index contributed by atoms with van der Waals surface area (Å²) in [5, 5.41) is 10.3. The average Bonchev–Trinajstić information content (AvgIpc) is 3.17. The molecule has 3 rings (SSSR count). The molecule has 1 aliphatic rings. The number of nitrogens with one attached hydrogen (secondary N) is 2. The maximum atomic E-state index is 12.6. The van der Waals surface area contributed by atoms with E-state index in [0.29, 0.717) is 13.0 Å². The standard InChI is InChI=1S/C19H28N4O/c1-15-17(16(2)22-21-15)13-20-18(24)12-19(8-4-3-5-9-19)14-23-10-6-7-11-23/h6-7,10-11H,3-5,8-9,12-14H2,1-2H3,(H,20,24)(H,21,22). The normalized spacial score (nSPS) is 16.9. The van der Waals surface area contributed by atoms with Gasteiger partial charge in [0, 0.05) is 43.2 Å². The highest BCUT2D eigenvalue weighted by Crippen LogP contribution is 2.40. The molecule has 2 aromatic rings. The minimum Gasteiger partial charge on any atom is -0.354 e. The number of aryl methyl sites for hydroxylation is 2. The minimum absolute atomic E-state index is 0.0990. The highest BCUT2D eigenvalue weighted by Gasteiger charge is 2.34. The topological polar surface area (TPSA) is 62.7 Å². The van der Waals surface area contributed by atoms with Crippen molar-refractivity contribution >= 4 is 5.91 Å². The van der Waals surface area contributed by atoms with Crippen LogP contribution in [0.5, 0.6) is 0 Å². The van der Waals surface area contributed by atoms with Crippen molar-refractivity contribution in [3.63, 3.8) is 0 Å². The quantitative estimate of drug-likeness (QED) is 0.852. The van der Waals surface area contributed by atoms with E-state index in [1.165, 1.54) is 19.3 Å². The van der Waals surface area contributed by atoms with Gasteiger partial charge in [-0.1, -0.05) is 19.3 Å². The Morgan fingerprint density at radius 2 is 1.96 bits per heavy atom. The SMILES string of the molecule is Cc1n[nH]c(C)c1CNC(=O)CC1(Cn2cccc2)CCCCC1. The molecule has 0 atom stereocenters. The van der Waals surface area contributed by atoms with E-state index in [1.807, 2.05) is 13.8 Å². The number of carbonyl (C=O) groups is 1. The van der Waals surface area contributed by atoms with Crippen LogP contribution in [-0.4, -0.2) is 20.7 Å². The second-order valence-electron chi connectivity index (χ2n) is 7.28. The molecule has 5 nitrogen and oxygen atoms in total. The molecule has 0 radical (unpaired) electrons. The predicted molar refractivity (Wildman–Crippen MR) is 94.5 cm³/mol. The maximum absolute atomic E-state index is 12.6. The van der Waals surface area contributed by atoms with Crippen molar-refractivity contribution in [2.75, 3.05) is 0 Å². The number of aromatic amines is 1. The smallest absolute Gasteiger partial charge is 0.220 e. The Kier molecular flexibility index (Phi) is 5.07. The Bertz CT molecular complexity index is 646. The Morgan fingerprint density at radius 1 is 1.25 bits per heavy atom. The maximum Gasteiger partial charge on any atom is 0.220 e. The molecule has 2 N–H and O–H groups in total. The Balaban J connectivity index is 1.62. The first kappa shape index (κ1) is 16.8. The van der Waals surface area contributed by atoms with Gasteiger partial charge in [-0.2, -0.15) is 5.10 Å². The fraction of sp³-hybridized carbons (Fsp3) is 0.579. The summed E-state index contributed by atoms with van der Waals surface area (Å²) in [6.07, 6.45) is 10.9. The molecule has 2 aromatic heterocycles. The van der Waals surface area contributed by atoms with Crippen LogP contribution in [0.4, 0.5) is 0 Å². The van der Waals surface area contributed by atoms with Gasteiger partial charge >= 0.3 is 0 Å². The van der Waals surface area contributed by atoms with Crippen molar-refractivity contribution in [3.8, 4) is 0 Å². The summed E-state index contributed by atoms with van der Waals surface area (Å²) >= 11 is 0. The zero-order valence-corrected chi connectivity index (χ0v) is 14.8. The number of rotatable bonds is 6. The van der Waals surface area contributed by atoms with Gasteiger partial charge in [-0.05, 0) is 44.2 Å². The molecule has 0 aromatic carbocycles. The first-order chi connectivity index (χ1) is 11.6. The Morgan fingerprint density at radius 3 is 2.58 bits per heavy atom. The average molecular weight is 328 g/mol. The lowest BCUT2D eigenvalue weighted by Gasteiger charge is -2.37. The summed E-state index contributed by atoms with van der Waals surface area (Å²) in [6, 6.07) is 4.11. The zero-order chi connectivity index (χ0) is 17.0. The second-order valence-corrected chi connectivity index (χ2v) is 7.28. The molecule has 0 unspecified atom stereocenters. The van der Waals surface area contributed by atoms with Crippen LogP contribution in [0.1, 0.15) is 55.5 Å². The number of hydrogen-bond donors (Lipinski definition) is 2. The number of aromatic nitrogens is 3. The van der Waals surface area contributed by atoms with Crippen LogP contribution >= 0.6 is 0 Å². The summed E-state index contributed by atoms with van der Waals surface area (Å²) in [5.74, 6) is 0.157. The van der Waals surface area contributed by atoms with Crippen molar-refractivity contribution in [2.45, 2.75) is 65.5 Å². The number of hydrogen-bond acceptors (Lipinski definition) is 2. The lowest BCUT2D eigenvalue weighted by Crippen LogP contribution is -2.36. The molecule has 0 saturated heterocycles. The van der Waals surface area contributed by atoms with E-state index in [0.717, 1.165) is 36.3 Å². The van der Waals surface area contributed by atoms with Crippen LogP contribution in [0, 0.1) is 19.3 Å². The molecule has 0 bridgehead atoms. The Hall–Kier alpha value is -2.04. The van der Waals surface area contributed by atoms with Gasteiger partial charge in [-0.25, -0.2) is 0 Å². The van der Waals surface area contributed by atoms with Gasteiger partial charge in [0.05, 0.1) is 5.69 Å². The summed E-state index contributed by atoms with van der Waals surface area (Å²) < 4.78 is 2.23. The van der Waals surface area contributed by atoms with Crippen molar-refractivity contribution in [3.05, 3.63) is 41.5 Å². The highest BCUT2D eigenvalue weighted by molar-refractivity contribution is 5.76. The van der Waals surface area contributed by atoms with E-state index in [4.69, 9.17) is 0 Å². The summed E-state index contributed by atoms with van der Waals surface area (Å²) in [6.45, 7) is 5.47. The third-order valence-electron chi connectivity index (χ3n) is 5.38. The van der Waals surface area contributed by atoms with E-state index < -0.39 is 0 Å². The molecule has 0 spiro atoms. The molecule has 1 saturated carbocycles. The predicted octanol–water partition coefficient (Wildman–Crippen LogP) is 3.49. The van der Waals surface area contributed by atoms with Crippen molar-refractivity contribution in [2.24, 2.45) is 5.41 Å². The second kappa shape index (κ2) is 7.24. The molecule has 1 fully saturated rings. The van der Waals surface area contributed by atoms with Crippen LogP contribution in [0.15, 0.2) is 24.5 Å². The number of amides is 1. The molecule has 5 heteroatoms. The Labute approximate surface area is 143 Å².